The Kier molecular flexibility index (Phi) is 2.91. The number of anilines is 2. The predicted molar refractivity (Wildman–Crippen MR) is 74.8 cm³/mol. The number of nitrogens with zero attached hydrogens (tertiary/aromatic N) is 2. The van der Waals surface area contributed by atoms with Gasteiger partial charge in [0.25, 0.3) is 5.69 Å². The van der Waals surface area contributed by atoms with Crippen molar-refractivity contribution in [3.05, 3.63) is 22.2 Å². The molecule has 0 amide bonds. The number of nitrogen functional groups attached to an aromatic ring is 1. The molecule has 2 rings (SSSR count). The van der Waals surface area contributed by atoms with Crippen LogP contribution in [0.25, 0.3) is 0 Å². The molecule has 0 spiro atoms. The summed E-state index contributed by atoms with van der Waals surface area (Å²) in [6.45, 7) is 9.67. The van der Waals surface area contributed by atoms with Gasteiger partial charge in [-0.3, -0.25) is 10.1 Å². The van der Waals surface area contributed by atoms with Crippen molar-refractivity contribution in [1.29, 1.82) is 0 Å². The fraction of sp³-hybridized carbons (Fsp3) is 0.615. The highest BCUT2D eigenvalue weighted by molar-refractivity contribution is 5.52. The summed E-state index contributed by atoms with van der Waals surface area (Å²) in [6.07, 6.45) is 0. The number of nitrogens with two attached hydrogens (primary N) is 1. The van der Waals surface area contributed by atoms with Crippen molar-refractivity contribution < 1.29 is 4.92 Å². The van der Waals surface area contributed by atoms with Crippen LogP contribution in [0.4, 0.5) is 17.3 Å². The van der Waals surface area contributed by atoms with Crippen LogP contribution in [0.1, 0.15) is 27.7 Å². The summed E-state index contributed by atoms with van der Waals surface area (Å²) in [6, 6.07) is 2.68. The Morgan fingerprint density at radius 3 is 2.42 bits per heavy atom. The molecule has 1 aliphatic rings. The second-order valence-corrected chi connectivity index (χ2v) is 6.27. The van der Waals surface area contributed by atoms with Crippen LogP contribution in [0.3, 0.4) is 0 Å². The minimum Gasteiger partial charge on any atom is -0.383 e. The standard InChI is InChI=1S/C13H20N4O2/c1-12(2)9(13(12,3)4)7-15-11-6-8(17(18)19)5-10(14)16-11/h5-6,9H,7H2,1-4H3,(H3,14,15,16). The highest BCUT2D eigenvalue weighted by Gasteiger charge is 2.64. The topological polar surface area (TPSA) is 94.1 Å². The van der Waals surface area contributed by atoms with Gasteiger partial charge in [0.05, 0.1) is 17.1 Å². The van der Waals surface area contributed by atoms with Gasteiger partial charge >= 0.3 is 0 Å². The van der Waals surface area contributed by atoms with E-state index in [2.05, 4.69) is 38.0 Å². The fourth-order valence-electron chi connectivity index (χ4n) is 2.78. The summed E-state index contributed by atoms with van der Waals surface area (Å²) in [5.41, 5.74) is 6.07. The minimum atomic E-state index is -0.464. The largest absolute Gasteiger partial charge is 0.383 e. The summed E-state index contributed by atoms with van der Waals surface area (Å²) >= 11 is 0. The average Bonchev–Trinajstić information content (AvgIpc) is 2.66. The number of nitrogens with one attached hydrogen (secondary N) is 1. The van der Waals surface area contributed by atoms with Crippen molar-refractivity contribution in [3.63, 3.8) is 0 Å². The number of pyridine rings is 1. The molecule has 0 unspecified atom stereocenters. The first kappa shape index (κ1) is 13.6. The molecule has 3 N–H and O–H groups in total. The summed E-state index contributed by atoms with van der Waals surface area (Å²) in [5.74, 6) is 1.14. The van der Waals surface area contributed by atoms with Gasteiger partial charge in [-0.05, 0) is 16.7 Å². The van der Waals surface area contributed by atoms with E-state index in [0.717, 1.165) is 6.54 Å². The molecule has 1 aliphatic carbocycles. The van der Waals surface area contributed by atoms with E-state index in [1.807, 2.05) is 0 Å². The lowest BCUT2D eigenvalue weighted by Gasteiger charge is -2.07. The summed E-state index contributed by atoms with van der Waals surface area (Å²) in [5, 5.41) is 13.9. The van der Waals surface area contributed by atoms with Gasteiger partial charge in [0.2, 0.25) is 0 Å². The van der Waals surface area contributed by atoms with Crippen LogP contribution in [0.5, 0.6) is 0 Å². The number of rotatable bonds is 4. The van der Waals surface area contributed by atoms with Crippen LogP contribution in [-0.4, -0.2) is 16.5 Å². The van der Waals surface area contributed by atoms with E-state index in [4.69, 9.17) is 5.73 Å². The summed E-state index contributed by atoms with van der Waals surface area (Å²) in [7, 11) is 0. The molecule has 19 heavy (non-hydrogen) atoms. The number of aromatic nitrogens is 1. The van der Waals surface area contributed by atoms with Crippen molar-refractivity contribution in [1.82, 2.24) is 4.98 Å². The zero-order valence-electron chi connectivity index (χ0n) is 11.7. The highest BCUT2D eigenvalue weighted by atomic mass is 16.6. The molecule has 104 valence electrons. The third kappa shape index (κ3) is 2.22. The van der Waals surface area contributed by atoms with E-state index in [1.165, 1.54) is 12.1 Å². The Balaban J connectivity index is 2.07. The van der Waals surface area contributed by atoms with Crippen molar-refractivity contribution in [2.75, 3.05) is 17.6 Å². The van der Waals surface area contributed by atoms with Crippen LogP contribution in [0, 0.1) is 26.9 Å². The van der Waals surface area contributed by atoms with E-state index in [9.17, 15) is 10.1 Å². The average molecular weight is 264 g/mol. The molecular weight excluding hydrogens is 244 g/mol. The number of nitro groups is 1. The van der Waals surface area contributed by atoms with Gasteiger partial charge < -0.3 is 11.1 Å². The van der Waals surface area contributed by atoms with Gasteiger partial charge in [-0.1, -0.05) is 27.7 Å². The van der Waals surface area contributed by atoms with Gasteiger partial charge in [-0.2, -0.15) is 0 Å². The molecule has 0 atom stereocenters. The van der Waals surface area contributed by atoms with Crippen LogP contribution in [-0.2, 0) is 0 Å². The predicted octanol–water partition coefficient (Wildman–Crippen LogP) is 2.67. The third-order valence-corrected chi connectivity index (χ3v) is 4.85. The molecule has 0 aliphatic heterocycles. The first-order valence-electron chi connectivity index (χ1n) is 6.32. The molecule has 1 saturated carbocycles. The van der Waals surface area contributed by atoms with E-state index < -0.39 is 4.92 Å². The van der Waals surface area contributed by atoms with Crippen molar-refractivity contribution in [2.45, 2.75) is 27.7 Å². The van der Waals surface area contributed by atoms with E-state index in [1.54, 1.807) is 0 Å². The van der Waals surface area contributed by atoms with Crippen molar-refractivity contribution >= 4 is 17.3 Å². The molecule has 6 nitrogen and oxygen atoms in total. The van der Waals surface area contributed by atoms with Gasteiger partial charge in [0, 0.05) is 6.54 Å². The Hall–Kier alpha value is -1.85. The first-order chi connectivity index (χ1) is 8.66. The second-order valence-electron chi connectivity index (χ2n) is 6.27. The second kappa shape index (κ2) is 4.08. The van der Waals surface area contributed by atoms with Crippen LogP contribution in [0.2, 0.25) is 0 Å². The van der Waals surface area contributed by atoms with Gasteiger partial charge in [-0.15, -0.1) is 0 Å². The first-order valence-corrected chi connectivity index (χ1v) is 6.32. The van der Waals surface area contributed by atoms with Crippen molar-refractivity contribution in [3.8, 4) is 0 Å². The molecule has 1 fully saturated rings. The van der Waals surface area contributed by atoms with Gasteiger partial charge in [0.1, 0.15) is 11.6 Å². The molecule has 6 heteroatoms. The number of hydrogen-bond acceptors (Lipinski definition) is 5. The van der Waals surface area contributed by atoms with E-state index >= 15 is 0 Å². The molecular formula is C13H20N4O2. The molecule has 0 radical (unpaired) electrons. The Morgan fingerprint density at radius 2 is 1.95 bits per heavy atom. The van der Waals surface area contributed by atoms with Gasteiger partial charge in [-0.25, -0.2) is 4.98 Å². The Morgan fingerprint density at radius 1 is 1.37 bits per heavy atom. The Bertz CT molecular complexity index is 511. The lowest BCUT2D eigenvalue weighted by Crippen LogP contribution is -2.10. The smallest absolute Gasteiger partial charge is 0.276 e. The summed E-state index contributed by atoms with van der Waals surface area (Å²) < 4.78 is 0. The SMILES string of the molecule is CC1(C)C(CNc2cc([N+](=O)[O-])cc(N)n2)C1(C)C. The maximum atomic E-state index is 10.8. The lowest BCUT2D eigenvalue weighted by atomic mass is 10.0. The molecule has 1 heterocycles. The zero-order chi connectivity index (χ0) is 14.4. The zero-order valence-corrected chi connectivity index (χ0v) is 11.7. The van der Waals surface area contributed by atoms with E-state index in [0.29, 0.717) is 11.7 Å². The molecule has 1 aromatic heterocycles. The normalized spacial score (nSPS) is 20.0. The van der Waals surface area contributed by atoms with E-state index in [-0.39, 0.29) is 22.3 Å². The lowest BCUT2D eigenvalue weighted by molar-refractivity contribution is -0.384. The Labute approximate surface area is 112 Å². The molecule has 0 aromatic carbocycles. The number of hydrogen-bond donors (Lipinski definition) is 2. The maximum Gasteiger partial charge on any atom is 0.276 e. The van der Waals surface area contributed by atoms with Gasteiger partial charge in [0.15, 0.2) is 0 Å². The van der Waals surface area contributed by atoms with Crippen LogP contribution in [0.15, 0.2) is 12.1 Å². The quantitative estimate of drug-likeness (QED) is 0.644. The molecule has 0 saturated heterocycles. The molecule has 0 bridgehead atoms. The molecule has 1 aromatic rings. The summed E-state index contributed by atoms with van der Waals surface area (Å²) in [4.78, 5) is 14.4. The minimum absolute atomic E-state index is 0.0377. The highest BCUT2D eigenvalue weighted by Crippen LogP contribution is 2.68. The maximum absolute atomic E-state index is 10.8. The van der Waals surface area contributed by atoms with Crippen LogP contribution >= 0.6 is 0 Å². The monoisotopic (exact) mass is 264 g/mol. The van der Waals surface area contributed by atoms with Crippen LogP contribution < -0.4 is 11.1 Å². The van der Waals surface area contributed by atoms with Crippen molar-refractivity contribution in [2.24, 2.45) is 16.7 Å². The third-order valence-electron chi connectivity index (χ3n) is 4.85. The fourth-order valence-corrected chi connectivity index (χ4v) is 2.78.